The van der Waals surface area contributed by atoms with E-state index >= 15 is 0 Å². The van der Waals surface area contributed by atoms with E-state index in [4.69, 9.17) is 0 Å². The van der Waals surface area contributed by atoms with E-state index in [0.29, 0.717) is 12.3 Å². The smallest absolute Gasteiger partial charge is 0.293 e. The number of sulfonamides is 1. The van der Waals surface area contributed by atoms with Crippen molar-refractivity contribution in [3.63, 3.8) is 0 Å². The summed E-state index contributed by atoms with van der Waals surface area (Å²) in [5, 5.41) is 14.2. The fourth-order valence-corrected chi connectivity index (χ4v) is 4.86. The predicted molar refractivity (Wildman–Crippen MR) is 119 cm³/mol. The highest BCUT2D eigenvalue weighted by atomic mass is 32.2. The average molecular weight is 452 g/mol. The van der Waals surface area contributed by atoms with Crippen LogP contribution in [0.3, 0.4) is 0 Å². The van der Waals surface area contributed by atoms with Crippen LogP contribution in [-0.4, -0.2) is 42.8 Å². The first-order valence-corrected chi connectivity index (χ1v) is 11.7. The van der Waals surface area contributed by atoms with E-state index in [9.17, 15) is 23.3 Å². The van der Waals surface area contributed by atoms with Crippen molar-refractivity contribution >= 4 is 39.1 Å². The molecule has 0 saturated carbocycles. The van der Waals surface area contributed by atoms with Crippen LogP contribution in [0.25, 0.3) is 0 Å². The summed E-state index contributed by atoms with van der Waals surface area (Å²) in [5.41, 5.74) is -0.557. The molecule has 0 fully saturated rings. The first-order valence-electron chi connectivity index (χ1n) is 9.24. The van der Waals surface area contributed by atoms with Crippen molar-refractivity contribution in [2.75, 3.05) is 23.1 Å². The number of hydrogen-bond donors (Lipinski definition) is 1. The summed E-state index contributed by atoms with van der Waals surface area (Å²) in [7, 11) is -4.20. The SMILES string of the molecule is CC(C)(C)SCCNC(=O)CN(c1ccccc1[N+](=O)[O-])S(=O)(=O)c1ccccc1. The number of thioether (sulfide) groups is 1. The number of benzene rings is 2. The molecule has 0 atom stereocenters. The van der Waals surface area contributed by atoms with E-state index < -0.39 is 33.1 Å². The van der Waals surface area contributed by atoms with Gasteiger partial charge in [-0.3, -0.25) is 14.9 Å². The molecule has 0 aliphatic rings. The molecule has 0 heterocycles. The van der Waals surface area contributed by atoms with E-state index in [2.05, 4.69) is 26.1 Å². The maximum Gasteiger partial charge on any atom is 0.293 e. The number of anilines is 1. The van der Waals surface area contributed by atoms with Crippen molar-refractivity contribution in [3.05, 3.63) is 64.7 Å². The van der Waals surface area contributed by atoms with Gasteiger partial charge in [0, 0.05) is 23.1 Å². The molecular formula is C20H25N3O5S2. The monoisotopic (exact) mass is 451 g/mol. The average Bonchev–Trinajstić information content (AvgIpc) is 2.69. The van der Waals surface area contributed by atoms with Crippen molar-refractivity contribution in [1.29, 1.82) is 0 Å². The van der Waals surface area contributed by atoms with E-state index in [1.807, 2.05) is 0 Å². The lowest BCUT2D eigenvalue weighted by Crippen LogP contribution is -2.41. The first-order chi connectivity index (χ1) is 14.0. The molecule has 2 rings (SSSR count). The highest BCUT2D eigenvalue weighted by molar-refractivity contribution is 8.00. The molecular weight excluding hydrogens is 426 g/mol. The van der Waals surface area contributed by atoms with Crippen LogP contribution in [0.15, 0.2) is 59.5 Å². The van der Waals surface area contributed by atoms with Gasteiger partial charge in [0.25, 0.3) is 15.7 Å². The quantitative estimate of drug-likeness (QED) is 0.355. The molecule has 8 nitrogen and oxygen atoms in total. The number of hydrogen-bond acceptors (Lipinski definition) is 6. The van der Waals surface area contributed by atoms with Gasteiger partial charge in [0.05, 0.1) is 9.82 Å². The number of rotatable bonds is 9. The Labute approximate surface area is 180 Å². The second kappa shape index (κ2) is 9.94. The van der Waals surface area contributed by atoms with Crippen LogP contribution in [0.4, 0.5) is 11.4 Å². The number of carbonyl (C=O) groups is 1. The third-order valence-corrected chi connectivity index (χ3v) is 6.97. The highest BCUT2D eigenvalue weighted by Gasteiger charge is 2.31. The Bertz CT molecular complexity index is 989. The summed E-state index contributed by atoms with van der Waals surface area (Å²) < 4.78 is 27.3. The van der Waals surface area contributed by atoms with Gasteiger partial charge in [-0.15, -0.1) is 0 Å². The van der Waals surface area contributed by atoms with Gasteiger partial charge in [0.2, 0.25) is 5.91 Å². The number of nitro groups is 1. The number of carbonyl (C=O) groups excluding carboxylic acids is 1. The molecule has 2 aromatic carbocycles. The molecule has 0 spiro atoms. The zero-order valence-electron chi connectivity index (χ0n) is 17.1. The van der Waals surface area contributed by atoms with Crippen LogP contribution in [0, 0.1) is 10.1 Å². The van der Waals surface area contributed by atoms with Crippen LogP contribution >= 0.6 is 11.8 Å². The van der Waals surface area contributed by atoms with Crippen molar-refractivity contribution in [2.45, 2.75) is 30.4 Å². The number of amides is 1. The maximum atomic E-state index is 13.2. The molecule has 1 amide bonds. The van der Waals surface area contributed by atoms with E-state index in [1.54, 1.807) is 30.0 Å². The Kier molecular flexibility index (Phi) is 7.85. The van der Waals surface area contributed by atoms with E-state index in [1.165, 1.54) is 36.4 Å². The summed E-state index contributed by atoms with van der Waals surface area (Å²) >= 11 is 1.66. The maximum absolute atomic E-state index is 13.2. The topological polar surface area (TPSA) is 110 Å². The van der Waals surface area contributed by atoms with Crippen LogP contribution in [0.2, 0.25) is 0 Å². The van der Waals surface area contributed by atoms with Crippen molar-refractivity contribution in [1.82, 2.24) is 5.32 Å². The molecule has 0 aromatic heterocycles. The van der Waals surface area contributed by atoms with Gasteiger partial charge in [0.15, 0.2) is 0 Å². The van der Waals surface area contributed by atoms with Crippen LogP contribution < -0.4 is 9.62 Å². The molecule has 0 radical (unpaired) electrons. The fraction of sp³-hybridized carbons (Fsp3) is 0.350. The lowest BCUT2D eigenvalue weighted by Gasteiger charge is -2.24. The van der Waals surface area contributed by atoms with Gasteiger partial charge in [-0.1, -0.05) is 51.1 Å². The van der Waals surface area contributed by atoms with Crippen LogP contribution in [0.5, 0.6) is 0 Å². The Balaban J connectivity index is 2.32. The van der Waals surface area contributed by atoms with Gasteiger partial charge in [-0.25, -0.2) is 12.7 Å². The van der Waals surface area contributed by atoms with Crippen molar-refractivity contribution in [3.8, 4) is 0 Å². The summed E-state index contributed by atoms with van der Waals surface area (Å²) in [6.45, 7) is 5.96. The Morgan fingerprint density at radius 2 is 1.70 bits per heavy atom. The van der Waals surface area contributed by atoms with Crippen LogP contribution in [0.1, 0.15) is 20.8 Å². The Morgan fingerprint density at radius 1 is 1.10 bits per heavy atom. The molecule has 0 unspecified atom stereocenters. The number of nitro benzene ring substituents is 1. The largest absolute Gasteiger partial charge is 0.354 e. The van der Waals surface area contributed by atoms with E-state index in [-0.39, 0.29) is 15.3 Å². The van der Waals surface area contributed by atoms with Gasteiger partial charge in [0.1, 0.15) is 12.2 Å². The van der Waals surface area contributed by atoms with Gasteiger partial charge >= 0.3 is 0 Å². The molecule has 2 aromatic rings. The molecule has 0 aliphatic heterocycles. The lowest BCUT2D eigenvalue weighted by molar-refractivity contribution is -0.384. The fourth-order valence-electron chi connectivity index (χ4n) is 2.58. The van der Waals surface area contributed by atoms with Gasteiger partial charge < -0.3 is 5.32 Å². The minimum absolute atomic E-state index is 0.0397. The third-order valence-electron chi connectivity index (χ3n) is 3.92. The molecule has 10 heteroatoms. The van der Waals surface area contributed by atoms with Gasteiger partial charge in [-0.2, -0.15) is 11.8 Å². The Morgan fingerprint density at radius 3 is 2.30 bits per heavy atom. The number of nitrogens with one attached hydrogen (secondary N) is 1. The molecule has 1 N–H and O–H groups in total. The minimum atomic E-state index is -4.20. The zero-order chi connectivity index (χ0) is 22.4. The molecule has 0 saturated heterocycles. The third kappa shape index (κ3) is 6.46. The van der Waals surface area contributed by atoms with E-state index in [0.717, 1.165) is 4.31 Å². The van der Waals surface area contributed by atoms with Crippen molar-refractivity contribution < 1.29 is 18.1 Å². The normalized spacial score (nSPS) is 11.7. The minimum Gasteiger partial charge on any atom is -0.354 e. The molecule has 162 valence electrons. The second-order valence-electron chi connectivity index (χ2n) is 7.38. The Hall–Kier alpha value is -2.59. The van der Waals surface area contributed by atoms with Crippen molar-refractivity contribution in [2.24, 2.45) is 0 Å². The molecule has 30 heavy (non-hydrogen) atoms. The first kappa shape index (κ1) is 23.7. The standard InChI is InChI=1S/C20H25N3O5S2/c1-20(2,3)29-14-13-21-19(24)15-22(17-11-7-8-12-18(17)23(25)26)30(27,28)16-9-5-4-6-10-16/h4-12H,13-15H2,1-3H3,(H,21,24). The summed E-state index contributed by atoms with van der Waals surface area (Å²) in [6, 6.07) is 13.0. The predicted octanol–water partition coefficient (Wildman–Crippen LogP) is 3.44. The zero-order valence-corrected chi connectivity index (χ0v) is 18.7. The number of para-hydroxylation sites is 2. The summed E-state index contributed by atoms with van der Waals surface area (Å²) in [6.07, 6.45) is 0. The second-order valence-corrected chi connectivity index (χ2v) is 11.2. The summed E-state index contributed by atoms with van der Waals surface area (Å²) in [4.78, 5) is 23.3. The highest BCUT2D eigenvalue weighted by Crippen LogP contribution is 2.32. The molecule has 0 aliphatic carbocycles. The summed E-state index contributed by atoms with van der Waals surface area (Å²) in [5.74, 6) is 0.119. The van der Waals surface area contributed by atoms with Crippen LogP contribution in [-0.2, 0) is 14.8 Å². The lowest BCUT2D eigenvalue weighted by atomic mass is 10.2. The molecule has 0 bridgehead atoms. The van der Waals surface area contributed by atoms with Gasteiger partial charge in [-0.05, 0) is 18.2 Å². The number of nitrogens with zero attached hydrogens (tertiary/aromatic N) is 2.